The Labute approximate surface area is 117 Å². The third-order valence-corrected chi connectivity index (χ3v) is 4.54. The van der Waals surface area contributed by atoms with E-state index in [9.17, 15) is 4.79 Å². The van der Waals surface area contributed by atoms with Gasteiger partial charge in [0.05, 0.1) is 0 Å². The lowest BCUT2D eigenvalue weighted by Gasteiger charge is -2.38. The van der Waals surface area contributed by atoms with Gasteiger partial charge in [-0.2, -0.15) is 0 Å². The average Bonchev–Trinajstić information content (AvgIpc) is 2.42. The highest BCUT2D eigenvalue weighted by Gasteiger charge is 2.24. The average molecular weight is 267 g/mol. The molecule has 0 spiro atoms. The fourth-order valence-electron chi connectivity index (χ4n) is 3.16. The van der Waals surface area contributed by atoms with Crippen LogP contribution in [0.2, 0.25) is 0 Å². The minimum Gasteiger partial charge on any atom is -0.340 e. The molecule has 0 aromatic carbocycles. The summed E-state index contributed by atoms with van der Waals surface area (Å²) in [4.78, 5) is 18.9. The van der Waals surface area contributed by atoms with Crippen LogP contribution in [0.4, 0.5) is 0 Å². The summed E-state index contributed by atoms with van der Waals surface area (Å²) < 4.78 is 0. The number of amides is 1. The third kappa shape index (κ3) is 4.46. The summed E-state index contributed by atoms with van der Waals surface area (Å²) in [6, 6.07) is 0. The molecule has 2 aliphatic heterocycles. The molecule has 4 heteroatoms. The number of carbonyl (C=O) groups is 1. The number of carbonyl (C=O) groups excluding carboxylic acids is 1. The zero-order valence-corrected chi connectivity index (χ0v) is 12.6. The topological polar surface area (TPSA) is 26.8 Å². The minimum atomic E-state index is 0.349. The molecule has 0 bridgehead atoms. The molecule has 1 amide bonds. The monoisotopic (exact) mass is 267 g/mol. The van der Waals surface area contributed by atoms with E-state index in [0.29, 0.717) is 5.91 Å². The van der Waals surface area contributed by atoms with Gasteiger partial charge in [0.1, 0.15) is 0 Å². The summed E-state index contributed by atoms with van der Waals surface area (Å²) in [6.07, 6.45) is 4.36. The molecule has 0 aromatic rings. The van der Waals surface area contributed by atoms with E-state index in [0.717, 1.165) is 44.9 Å². The Hall–Kier alpha value is -0.610. The Morgan fingerprint density at radius 2 is 1.68 bits per heavy atom. The number of piperidine rings is 1. The Kier molecular flexibility index (Phi) is 5.64. The summed E-state index contributed by atoms with van der Waals surface area (Å²) >= 11 is 0. The van der Waals surface area contributed by atoms with Gasteiger partial charge in [0, 0.05) is 39.1 Å². The van der Waals surface area contributed by atoms with Crippen molar-refractivity contribution in [1.82, 2.24) is 14.7 Å². The quantitative estimate of drug-likeness (QED) is 0.767. The van der Waals surface area contributed by atoms with E-state index in [1.807, 2.05) is 0 Å². The molecule has 110 valence electrons. The van der Waals surface area contributed by atoms with Crippen LogP contribution >= 0.6 is 0 Å². The van der Waals surface area contributed by atoms with E-state index in [2.05, 4.69) is 28.7 Å². The molecule has 2 rings (SSSR count). The molecule has 19 heavy (non-hydrogen) atoms. The second kappa shape index (κ2) is 7.25. The molecule has 0 unspecified atom stereocenters. The van der Waals surface area contributed by atoms with Crippen molar-refractivity contribution in [3.05, 3.63) is 0 Å². The number of nitrogens with zero attached hydrogens (tertiary/aromatic N) is 3. The van der Waals surface area contributed by atoms with Gasteiger partial charge < -0.3 is 9.80 Å². The fourth-order valence-corrected chi connectivity index (χ4v) is 3.16. The highest BCUT2D eigenvalue weighted by atomic mass is 16.2. The molecule has 0 N–H and O–H groups in total. The smallest absolute Gasteiger partial charge is 0.222 e. The van der Waals surface area contributed by atoms with E-state index < -0.39 is 0 Å². The van der Waals surface area contributed by atoms with Gasteiger partial charge in [0.25, 0.3) is 0 Å². The van der Waals surface area contributed by atoms with Gasteiger partial charge in [-0.1, -0.05) is 6.92 Å². The van der Waals surface area contributed by atoms with Crippen LogP contribution in [-0.4, -0.2) is 73.5 Å². The maximum Gasteiger partial charge on any atom is 0.222 e. The molecule has 0 aromatic heterocycles. The summed E-state index contributed by atoms with van der Waals surface area (Å²) in [6.45, 7) is 9.83. The van der Waals surface area contributed by atoms with Crippen molar-refractivity contribution in [3.63, 3.8) is 0 Å². The molecule has 0 atom stereocenters. The van der Waals surface area contributed by atoms with Gasteiger partial charge >= 0.3 is 0 Å². The summed E-state index contributed by atoms with van der Waals surface area (Å²) in [5.74, 6) is 1.22. The molecule has 0 saturated carbocycles. The number of likely N-dealkylation sites (tertiary alicyclic amines) is 1. The summed E-state index contributed by atoms with van der Waals surface area (Å²) in [5.41, 5.74) is 0. The molecule has 2 saturated heterocycles. The standard InChI is InChI=1S/C15H29N3O/c1-3-4-15(19)18-11-9-17(10-12-18)13-14-5-7-16(2)8-6-14/h14H,3-13H2,1-2H3. The van der Waals surface area contributed by atoms with Crippen LogP contribution in [0, 0.1) is 5.92 Å². The largest absolute Gasteiger partial charge is 0.340 e. The third-order valence-electron chi connectivity index (χ3n) is 4.54. The van der Waals surface area contributed by atoms with Gasteiger partial charge in [-0.3, -0.25) is 9.69 Å². The molecule has 0 aliphatic carbocycles. The first-order chi connectivity index (χ1) is 9.19. The first-order valence-corrected chi connectivity index (χ1v) is 7.87. The zero-order valence-electron chi connectivity index (χ0n) is 12.6. The number of hydrogen-bond acceptors (Lipinski definition) is 3. The second-order valence-corrected chi connectivity index (χ2v) is 6.18. The van der Waals surface area contributed by atoms with Crippen LogP contribution in [0.1, 0.15) is 32.6 Å². The Morgan fingerprint density at radius 1 is 1.05 bits per heavy atom. The van der Waals surface area contributed by atoms with Crippen molar-refractivity contribution in [2.75, 3.05) is 52.9 Å². The maximum atomic E-state index is 11.8. The molecule has 0 radical (unpaired) electrons. The Balaban J connectivity index is 1.67. The first-order valence-electron chi connectivity index (χ1n) is 7.87. The second-order valence-electron chi connectivity index (χ2n) is 6.18. The van der Waals surface area contributed by atoms with E-state index in [-0.39, 0.29) is 0 Å². The van der Waals surface area contributed by atoms with Crippen molar-refractivity contribution in [3.8, 4) is 0 Å². The predicted molar refractivity (Wildman–Crippen MR) is 78.1 cm³/mol. The number of rotatable bonds is 4. The van der Waals surface area contributed by atoms with E-state index in [1.54, 1.807) is 0 Å². The van der Waals surface area contributed by atoms with Crippen molar-refractivity contribution in [1.29, 1.82) is 0 Å². The van der Waals surface area contributed by atoms with Gasteiger partial charge in [0.15, 0.2) is 0 Å². The van der Waals surface area contributed by atoms with Crippen LogP contribution in [0.15, 0.2) is 0 Å². The van der Waals surface area contributed by atoms with Crippen molar-refractivity contribution < 1.29 is 4.79 Å². The zero-order chi connectivity index (χ0) is 13.7. The van der Waals surface area contributed by atoms with Gasteiger partial charge in [-0.15, -0.1) is 0 Å². The van der Waals surface area contributed by atoms with Crippen molar-refractivity contribution in [2.24, 2.45) is 5.92 Å². The van der Waals surface area contributed by atoms with E-state index in [4.69, 9.17) is 0 Å². The van der Waals surface area contributed by atoms with Gasteiger partial charge in [-0.25, -0.2) is 0 Å². The SMILES string of the molecule is CCCC(=O)N1CCN(CC2CCN(C)CC2)CC1. The van der Waals surface area contributed by atoms with Crippen LogP contribution in [0.3, 0.4) is 0 Å². The highest BCUT2D eigenvalue weighted by Crippen LogP contribution is 2.18. The normalized spacial score (nSPS) is 23.8. The molecular weight excluding hydrogens is 238 g/mol. The van der Waals surface area contributed by atoms with Gasteiger partial charge in [0.2, 0.25) is 5.91 Å². The lowest BCUT2D eigenvalue weighted by atomic mass is 9.96. The molecule has 4 nitrogen and oxygen atoms in total. The Morgan fingerprint density at radius 3 is 2.26 bits per heavy atom. The summed E-state index contributed by atoms with van der Waals surface area (Å²) in [5, 5.41) is 0. The lowest BCUT2D eigenvalue weighted by Crippen LogP contribution is -2.50. The first kappa shape index (κ1) is 14.8. The Bertz CT molecular complexity index is 279. The fraction of sp³-hybridized carbons (Fsp3) is 0.933. The van der Waals surface area contributed by atoms with Crippen molar-refractivity contribution in [2.45, 2.75) is 32.6 Å². The van der Waals surface area contributed by atoms with Crippen LogP contribution < -0.4 is 0 Å². The number of hydrogen-bond donors (Lipinski definition) is 0. The molecule has 2 aliphatic rings. The summed E-state index contributed by atoms with van der Waals surface area (Å²) in [7, 11) is 2.22. The minimum absolute atomic E-state index is 0.349. The van der Waals surface area contributed by atoms with E-state index >= 15 is 0 Å². The van der Waals surface area contributed by atoms with Crippen LogP contribution in [0.25, 0.3) is 0 Å². The van der Waals surface area contributed by atoms with Crippen molar-refractivity contribution >= 4 is 5.91 Å². The maximum absolute atomic E-state index is 11.8. The van der Waals surface area contributed by atoms with Crippen LogP contribution in [0.5, 0.6) is 0 Å². The predicted octanol–water partition coefficient (Wildman–Crippen LogP) is 1.27. The van der Waals surface area contributed by atoms with Crippen LogP contribution in [-0.2, 0) is 4.79 Å². The van der Waals surface area contributed by atoms with Gasteiger partial charge in [-0.05, 0) is 45.3 Å². The molecule has 2 fully saturated rings. The lowest BCUT2D eigenvalue weighted by molar-refractivity contribution is -0.133. The highest BCUT2D eigenvalue weighted by molar-refractivity contribution is 5.76. The number of piperazine rings is 1. The molecular formula is C15H29N3O. The van der Waals surface area contributed by atoms with E-state index in [1.165, 1.54) is 32.5 Å². The molecule has 2 heterocycles.